The number of rotatable bonds is 4. The van der Waals surface area contributed by atoms with Gasteiger partial charge in [-0.2, -0.15) is 10.2 Å². The number of nitrogens with zero attached hydrogens (tertiary/aromatic N) is 5. The highest BCUT2D eigenvalue weighted by atomic mass is 32.1. The molecule has 1 aliphatic heterocycles. The van der Waals surface area contributed by atoms with E-state index in [4.69, 9.17) is 10.7 Å². The van der Waals surface area contributed by atoms with Gasteiger partial charge >= 0.3 is 0 Å². The molecule has 4 aromatic heterocycles. The van der Waals surface area contributed by atoms with Gasteiger partial charge in [0, 0.05) is 53.4 Å². The quantitative estimate of drug-likeness (QED) is 0.500. The Balaban J connectivity index is 1.25. The van der Waals surface area contributed by atoms with E-state index in [0.717, 1.165) is 73.0 Å². The summed E-state index contributed by atoms with van der Waals surface area (Å²) in [5, 5.41) is 14.1. The second-order valence-corrected chi connectivity index (χ2v) is 9.64. The topological polar surface area (TPSA) is 103 Å². The Morgan fingerprint density at radius 2 is 1.97 bits per heavy atom. The zero-order valence-corrected chi connectivity index (χ0v) is 18.5. The van der Waals surface area contributed by atoms with Gasteiger partial charge in [0.1, 0.15) is 0 Å². The highest BCUT2D eigenvalue weighted by molar-refractivity contribution is 7.12. The number of amides is 1. The van der Waals surface area contributed by atoms with Gasteiger partial charge in [0.15, 0.2) is 5.65 Å². The van der Waals surface area contributed by atoms with Gasteiger partial charge in [0.25, 0.3) is 5.91 Å². The molecule has 4 aromatic rings. The van der Waals surface area contributed by atoms with Crippen molar-refractivity contribution in [1.29, 1.82) is 0 Å². The first-order valence-electron chi connectivity index (χ1n) is 11.2. The number of carbonyl (C=O) groups is 1. The third-order valence-corrected chi connectivity index (χ3v) is 7.60. The lowest BCUT2D eigenvalue weighted by Gasteiger charge is -2.29. The summed E-state index contributed by atoms with van der Waals surface area (Å²) in [6.45, 7) is 0.984. The van der Waals surface area contributed by atoms with Crippen molar-refractivity contribution in [2.24, 2.45) is 5.73 Å². The molecule has 1 saturated carbocycles. The zero-order chi connectivity index (χ0) is 21.7. The van der Waals surface area contributed by atoms with Crippen molar-refractivity contribution in [3.63, 3.8) is 0 Å². The highest BCUT2D eigenvalue weighted by Gasteiger charge is 2.25. The fraction of sp³-hybridized carbons (Fsp3) is 0.391. The summed E-state index contributed by atoms with van der Waals surface area (Å²) in [6, 6.07) is 2.03. The van der Waals surface area contributed by atoms with E-state index in [2.05, 4.69) is 20.2 Å². The molecular weight excluding hydrogens is 422 g/mol. The predicted molar refractivity (Wildman–Crippen MR) is 124 cm³/mol. The number of carbonyl (C=O) groups excluding carboxylic acids is 1. The van der Waals surface area contributed by atoms with E-state index in [1.54, 1.807) is 0 Å². The first-order chi connectivity index (χ1) is 15.7. The monoisotopic (exact) mass is 447 g/mol. The Morgan fingerprint density at radius 3 is 2.88 bits per heavy atom. The lowest BCUT2D eigenvalue weighted by atomic mass is 9.91. The Morgan fingerprint density at radius 1 is 1.09 bits per heavy atom. The van der Waals surface area contributed by atoms with Gasteiger partial charge in [-0.15, -0.1) is 11.3 Å². The molecule has 32 heavy (non-hydrogen) atoms. The van der Waals surface area contributed by atoms with E-state index in [1.165, 1.54) is 17.0 Å². The van der Waals surface area contributed by atoms with Crippen molar-refractivity contribution in [2.45, 2.75) is 57.2 Å². The summed E-state index contributed by atoms with van der Waals surface area (Å²) >= 11 is 1.44. The number of fused-ring (bicyclic) bond motifs is 2. The van der Waals surface area contributed by atoms with Crippen molar-refractivity contribution in [3.05, 3.63) is 46.8 Å². The lowest BCUT2D eigenvalue weighted by Crippen LogP contribution is -2.49. The van der Waals surface area contributed by atoms with Crippen LogP contribution in [0.2, 0.25) is 0 Å². The summed E-state index contributed by atoms with van der Waals surface area (Å²) in [5.41, 5.74) is 12.3. The van der Waals surface area contributed by atoms with Crippen LogP contribution in [0.15, 0.2) is 36.2 Å². The minimum absolute atomic E-state index is 0.0439. The summed E-state index contributed by atoms with van der Waals surface area (Å²) in [7, 11) is 0. The fourth-order valence-corrected chi connectivity index (χ4v) is 5.71. The van der Waals surface area contributed by atoms with E-state index in [9.17, 15) is 4.79 Å². The standard InChI is InChI=1S/C23H25N7OS/c24-18-4-1-2-5-19(18)28-23(31)21-8-14(13-32-21)17-11-27-30-12-15(9-25-22(17)30)16-10-26-29-7-3-6-20(16)29/h8-13,18-19H,1-7,24H2,(H,28,31)/t18-,19+/m0/s1. The third kappa shape index (κ3) is 3.32. The first-order valence-corrected chi connectivity index (χ1v) is 12.1. The summed E-state index contributed by atoms with van der Waals surface area (Å²) in [6.07, 6.45) is 14.0. The fourth-order valence-electron chi connectivity index (χ4n) is 4.90. The number of nitrogens with one attached hydrogen (secondary N) is 1. The van der Waals surface area contributed by atoms with Crippen LogP contribution >= 0.6 is 11.3 Å². The normalized spacial score (nSPS) is 20.5. The largest absolute Gasteiger partial charge is 0.347 e. The van der Waals surface area contributed by atoms with Crippen LogP contribution in [0.5, 0.6) is 0 Å². The van der Waals surface area contributed by atoms with Crippen LogP contribution < -0.4 is 11.1 Å². The van der Waals surface area contributed by atoms with Gasteiger partial charge in [0.05, 0.1) is 17.3 Å². The molecule has 0 radical (unpaired) electrons. The number of hydrogen-bond acceptors (Lipinski definition) is 6. The molecule has 0 spiro atoms. The molecule has 6 rings (SSSR count). The highest BCUT2D eigenvalue weighted by Crippen LogP contribution is 2.31. The minimum atomic E-state index is -0.0506. The second-order valence-electron chi connectivity index (χ2n) is 8.73. The third-order valence-electron chi connectivity index (χ3n) is 6.67. The Bertz CT molecular complexity index is 1300. The molecule has 9 heteroatoms. The zero-order valence-electron chi connectivity index (χ0n) is 17.7. The van der Waals surface area contributed by atoms with Gasteiger partial charge in [-0.3, -0.25) is 9.48 Å². The molecule has 164 valence electrons. The smallest absolute Gasteiger partial charge is 0.261 e. The molecule has 1 amide bonds. The van der Waals surface area contributed by atoms with Crippen LogP contribution in [0.3, 0.4) is 0 Å². The molecule has 2 aliphatic rings. The molecule has 2 atom stereocenters. The van der Waals surface area contributed by atoms with Crippen LogP contribution in [0, 0.1) is 0 Å². The van der Waals surface area contributed by atoms with E-state index in [0.29, 0.717) is 4.88 Å². The van der Waals surface area contributed by atoms with Crippen LogP contribution in [-0.4, -0.2) is 42.4 Å². The van der Waals surface area contributed by atoms with Crippen molar-refractivity contribution in [1.82, 2.24) is 29.7 Å². The molecule has 0 saturated heterocycles. The van der Waals surface area contributed by atoms with Crippen molar-refractivity contribution >= 4 is 22.9 Å². The van der Waals surface area contributed by atoms with Gasteiger partial charge in [-0.05, 0) is 42.7 Å². The molecular formula is C23H25N7OS. The lowest BCUT2D eigenvalue weighted by molar-refractivity contribution is 0.0925. The summed E-state index contributed by atoms with van der Waals surface area (Å²) in [4.78, 5) is 18.2. The van der Waals surface area contributed by atoms with Crippen molar-refractivity contribution in [2.75, 3.05) is 0 Å². The molecule has 8 nitrogen and oxygen atoms in total. The summed E-state index contributed by atoms with van der Waals surface area (Å²) in [5.74, 6) is -0.0506. The number of nitrogens with two attached hydrogens (primary N) is 1. The number of thiophene rings is 1. The van der Waals surface area contributed by atoms with Crippen LogP contribution in [0.1, 0.15) is 47.5 Å². The Labute approximate surface area is 189 Å². The molecule has 1 fully saturated rings. The average Bonchev–Trinajstić information content (AvgIpc) is 3.57. The minimum Gasteiger partial charge on any atom is -0.347 e. The summed E-state index contributed by atoms with van der Waals surface area (Å²) < 4.78 is 3.88. The molecule has 0 aromatic carbocycles. The molecule has 5 heterocycles. The van der Waals surface area contributed by atoms with E-state index >= 15 is 0 Å². The van der Waals surface area contributed by atoms with Gasteiger partial charge in [-0.1, -0.05) is 12.8 Å². The second kappa shape index (κ2) is 7.83. The first kappa shape index (κ1) is 19.6. The molecule has 0 unspecified atom stereocenters. The Kier molecular flexibility index (Phi) is 4.80. The maximum Gasteiger partial charge on any atom is 0.261 e. The molecule has 0 bridgehead atoms. The maximum absolute atomic E-state index is 12.8. The number of aromatic nitrogens is 5. The number of aryl methyl sites for hydroxylation is 1. The van der Waals surface area contributed by atoms with Crippen LogP contribution in [0.25, 0.3) is 27.9 Å². The SMILES string of the molecule is N[C@H]1CCCC[C@H]1NC(=O)c1cc(-c2cnn3cc(-c4cnn5c4CCC5)cnc23)cs1. The van der Waals surface area contributed by atoms with Crippen molar-refractivity contribution < 1.29 is 4.79 Å². The number of hydrogen-bond donors (Lipinski definition) is 2. The maximum atomic E-state index is 12.8. The molecule has 3 N–H and O–H groups in total. The van der Waals surface area contributed by atoms with Gasteiger partial charge in [0.2, 0.25) is 0 Å². The predicted octanol–water partition coefficient (Wildman–Crippen LogP) is 3.27. The van der Waals surface area contributed by atoms with E-state index < -0.39 is 0 Å². The Hall–Kier alpha value is -3.04. The van der Waals surface area contributed by atoms with Crippen molar-refractivity contribution in [3.8, 4) is 22.3 Å². The average molecular weight is 448 g/mol. The molecule has 1 aliphatic carbocycles. The van der Waals surface area contributed by atoms with Gasteiger partial charge in [-0.25, -0.2) is 9.50 Å². The van der Waals surface area contributed by atoms with E-state index in [-0.39, 0.29) is 18.0 Å². The van der Waals surface area contributed by atoms with Crippen LogP contribution in [-0.2, 0) is 13.0 Å². The van der Waals surface area contributed by atoms with Crippen LogP contribution in [0.4, 0.5) is 0 Å². The van der Waals surface area contributed by atoms with E-state index in [1.807, 2.05) is 40.7 Å². The van der Waals surface area contributed by atoms with Gasteiger partial charge < -0.3 is 11.1 Å².